The Morgan fingerprint density at radius 2 is 2.00 bits per heavy atom. The fourth-order valence-electron chi connectivity index (χ4n) is 3.80. The number of benzene rings is 1. The van der Waals surface area contributed by atoms with Gasteiger partial charge in [0.15, 0.2) is 0 Å². The molecule has 1 atom stereocenters. The highest BCUT2D eigenvalue weighted by molar-refractivity contribution is 5.80. The number of ether oxygens (including phenoxy) is 1. The zero-order valence-corrected chi connectivity index (χ0v) is 14.2. The Kier molecular flexibility index (Phi) is 5.38. The van der Waals surface area contributed by atoms with E-state index in [0.717, 1.165) is 38.8 Å². The van der Waals surface area contributed by atoms with Gasteiger partial charge in [-0.15, -0.1) is 0 Å². The molecule has 1 aromatic rings. The number of hydrogen-bond donors (Lipinski definition) is 1. The number of piperidine rings is 1. The van der Waals surface area contributed by atoms with Gasteiger partial charge in [-0.05, 0) is 43.6 Å². The number of methoxy groups -OCH3 is 1. The first-order valence-corrected chi connectivity index (χ1v) is 8.83. The number of hydrogen-bond acceptors (Lipinski definition) is 3. The molecule has 1 heterocycles. The molecule has 2 aliphatic rings. The summed E-state index contributed by atoms with van der Waals surface area (Å²) < 4.78 is 4.59. The van der Waals surface area contributed by atoms with Gasteiger partial charge in [0, 0.05) is 25.0 Å². The number of carbonyl (C=O) groups excluding carboxylic acids is 2. The van der Waals surface area contributed by atoms with Crippen molar-refractivity contribution in [2.45, 2.75) is 38.1 Å². The van der Waals surface area contributed by atoms with Crippen LogP contribution in [-0.4, -0.2) is 43.1 Å². The van der Waals surface area contributed by atoms with Crippen LogP contribution in [0.2, 0.25) is 0 Å². The van der Waals surface area contributed by atoms with Crippen LogP contribution in [0.25, 0.3) is 0 Å². The molecule has 3 rings (SSSR count). The second-order valence-corrected chi connectivity index (χ2v) is 6.98. The van der Waals surface area contributed by atoms with E-state index in [4.69, 9.17) is 0 Å². The topological polar surface area (TPSA) is 58.6 Å². The van der Waals surface area contributed by atoms with E-state index in [-0.39, 0.29) is 17.9 Å². The van der Waals surface area contributed by atoms with Crippen molar-refractivity contribution < 1.29 is 14.3 Å². The Morgan fingerprint density at radius 1 is 1.25 bits per heavy atom. The van der Waals surface area contributed by atoms with Gasteiger partial charge in [0.1, 0.15) is 0 Å². The van der Waals surface area contributed by atoms with E-state index in [0.29, 0.717) is 5.92 Å². The molecule has 1 saturated heterocycles. The van der Waals surface area contributed by atoms with Crippen molar-refractivity contribution >= 4 is 12.0 Å². The minimum Gasteiger partial charge on any atom is -0.453 e. The van der Waals surface area contributed by atoms with Crippen LogP contribution >= 0.6 is 0 Å². The molecule has 0 unspecified atom stereocenters. The van der Waals surface area contributed by atoms with E-state index in [1.807, 2.05) is 11.0 Å². The summed E-state index contributed by atoms with van der Waals surface area (Å²) in [5, 5.41) is 2.76. The molecule has 0 radical (unpaired) electrons. The SMILES string of the molecule is COC(=O)N[C@H]1C[C@@H](C(=O)N2CCC[C@@H](Cc3ccccc3)C2)C1. The van der Waals surface area contributed by atoms with Crippen molar-refractivity contribution in [3.8, 4) is 0 Å². The van der Waals surface area contributed by atoms with Crippen LogP contribution < -0.4 is 5.32 Å². The maximum Gasteiger partial charge on any atom is 0.407 e. The maximum atomic E-state index is 12.7. The van der Waals surface area contributed by atoms with E-state index in [1.54, 1.807) is 0 Å². The third kappa shape index (κ3) is 4.08. The lowest BCUT2D eigenvalue weighted by Crippen LogP contribution is -2.52. The Labute approximate surface area is 143 Å². The van der Waals surface area contributed by atoms with Gasteiger partial charge in [0.05, 0.1) is 7.11 Å². The average Bonchev–Trinajstić information content (AvgIpc) is 2.58. The Hall–Kier alpha value is -2.04. The van der Waals surface area contributed by atoms with Crippen molar-refractivity contribution in [3.63, 3.8) is 0 Å². The zero-order chi connectivity index (χ0) is 16.9. The predicted octanol–water partition coefficient (Wildman–Crippen LogP) is 2.60. The van der Waals surface area contributed by atoms with Crippen LogP contribution in [0.1, 0.15) is 31.2 Å². The van der Waals surface area contributed by atoms with Gasteiger partial charge in [-0.25, -0.2) is 4.79 Å². The summed E-state index contributed by atoms with van der Waals surface area (Å²) in [4.78, 5) is 25.9. The lowest BCUT2D eigenvalue weighted by Gasteiger charge is -2.40. The molecular formula is C19H26N2O3. The lowest BCUT2D eigenvalue weighted by molar-refractivity contribution is -0.140. The molecule has 2 fully saturated rings. The molecular weight excluding hydrogens is 304 g/mol. The van der Waals surface area contributed by atoms with Crippen LogP contribution in [-0.2, 0) is 16.0 Å². The number of rotatable bonds is 4. The van der Waals surface area contributed by atoms with Crippen LogP contribution in [0, 0.1) is 11.8 Å². The molecule has 0 aromatic heterocycles. The predicted molar refractivity (Wildman–Crippen MR) is 91.5 cm³/mol. The van der Waals surface area contributed by atoms with Crippen LogP contribution in [0.15, 0.2) is 30.3 Å². The van der Waals surface area contributed by atoms with E-state index in [9.17, 15) is 9.59 Å². The van der Waals surface area contributed by atoms with Gasteiger partial charge in [0.2, 0.25) is 5.91 Å². The normalized spacial score (nSPS) is 26.4. The third-order valence-corrected chi connectivity index (χ3v) is 5.19. The molecule has 2 amide bonds. The standard InChI is InChI=1S/C19H26N2O3/c1-24-19(23)20-17-11-16(12-17)18(22)21-9-5-8-15(13-21)10-14-6-3-2-4-7-14/h2-4,6-7,15-17H,5,8-13H2,1H3,(H,20,23)/t15-,16-,17+/m0/s1. The quantitative estimate of drug-likeness (QED) is 0.923. The number of nitrogens with one attached hydrogen (secondary N) is 1. The highest BCUT2D eigenvalue weighted by Crippen LogP contribution is 2.31. The minimum absolute atomic E-state index is 0.0580. The van der Waals surface area contributed by atoms with Gasteiger partial charge >= 0.3 is 6.09 Å². The highest BCUT2D eigenvalue weighted by atomic mass is 16.5. The molecule has 0 bridgehead atoms. The van der Waals surface area contributed by atoms with Crippen LogP contribution in [0.5, 0.6) is 0 Å². The van der Waals surface area contributed by atoms with E-state index >= 15 is 0 Å². The average molecular weight is 330 g/mol. The number of nitrogens with zero attached hydrogens (tertiary/aromatic N) is 1. The number of alkyl carbamates (subject to hydrolysis) is 1. The van der Waals surface area contributed by atoms with Gasteiger partial charge in [-0.1, -0.05) is 30.3 Å². The third-order valence-electron chi connectivity index (χ3n) is 5.19. The Morgan fingerprint density at radius 3 is 2.71 bits per heavy atom. The molecule has 130 valence electrons. The second kappa shape index (κ2) is 7.69. The molecule has 5 nitrogen and oxygen atoms in total. The largest absolute Gasteiger partial charge is 0.453 e. The van der Waals surface area contributed by atoms with Gasteiger partial charge < -0.3 is 15.0 Å². The number of likely N-dealkylation sites (tertiary alicyclic amines) is 1. The van der Waals surface area contributed by atoms with Crippen LogP contribution in [0.4, 0.5) is 4.79 Å². The summed E-state index contributed by atoms with van der Waals surface area (Å²) in [6.45, 7) is 1.73. The van der Waals surface area contributed by atoms with Gasteiger partial charge in [-0.3, -0.25) is 4.79 Å². The summed E-state index contributed by atoms with van der Waals surface area (Å²) >= 11 is 0. The zero-order valence-electron chi connectivity index (χ0n) is 14.2. The van der Waals surface area contributed by atoms with Crippen molar-refractivity contribution in [1.82, 2.24) is 10.2 Å². The van der Waals surface area contributed by atoms with Crippen molar-refractivity contribution in [1.29, 1.82) is 0 Å². The molecule has 0 spiro atoms. The van der Waals surface area contributed by atoms with Gasteiger partial charge in [0.25, 0.3) is 0 Å². The van der Waals surface area contributed by atoms with E-state index in [1.165, 1.54) is 19.1 Å². The molecule has 5 heteroatoms. The monoisotopic (exact) mass is 330 g/mol. The smallest absolute Gasteiger partial charge is 0.407 e. The summed E-state index contributed by atoms with van der Waals surface area (Å²) in [5.41, 5.74) is 1.35. The second-order valence-electron chi connectivity index (χ2n) is 6.98. The molecule has 24 heavy (non-hydrogen) atoms. The molecule has 1 saturated carbocycles. The van der Waals surface area contributed by atoms with Crippen LogP contribution in [0.3, 0.4) is 0 Å². The fraction of sp³-hybridized carbons (Fsp3) is 0.579. The maximum absolute atomic E-state index is 12.7. The first kappa shape index (κ1) is 16.8. The molecule has 1 N–H and O–H groups in total. The summed E-state index contributed by atoms with van der Waals surface area (Å²) in [7, 11) is 1.36. The Bertz CT molecular complexity index is 569. The summed E-state index contributed by atoms with van der Waals surface area (Å²) in [6, 6.07) is 10.6. The van der Waals surface area contributed by atoms with Gasteiger partial charge in [-0.2, -0.15) is 0 Å². The summed E-state index contributed by atoms with van der Waals surface area (Å²) in [5.74, 6) is 0.868. The lowest BCUT2D eigenvalue weighted by atomic mass is 9.78. The van der Waals surface area contributed by atoms with E-state index < -0.39 is 6.09 Å². The molecule has 1 aliphatic carbocycles. The highest BCUT2D eigenvalue weighted by Gasteiger charge is 2.38. The van der Waals surface area contributed by atoms with E-state index in [2.05, 4.69) is 34.3 Å². The number of carbonyl (C=O) groups is 2. The fourth-order valence-corrected chi connectivity index (χ4v) is 3.80. The molecule has 1 aliphatic heterocycles. The van der Waals surface area contributed by atoms with Crippen molar-refractivity contribution in [2.24, 2.45) is 11.8 Å². The first-order valence-electron chi connectivity index (χ1n) is 8.83. The number of amides is 2. The summed E-state index contributed by atoms with van der Waals surface area (Å²) in [6.07, 6.45) is 4.37. The molecule has 1 aromatic carbocycles. The minimum atomic E-state index is -0.410. The Balaban J connectivity index is 1.47. The van der Waals surface area contributed by atoms with Crippen molar-refractivity contribution in [3.05, 3.63) is 35.9 Å². The first-order chi connectivity index (χ1) is 11.7. The van der Waals surface area contributed by atoms with Crippen molar-refractivity contribution in [2.75, 3.05) is 20.2 Å².